The van der Waals surface area contributed by atoms with Crippen LogP contribution in [0.4, 0.5) is 11.4 Å². The van der Waals surface area contributed by atoms with Gasteiger partial charge in [-0.25, -0.2) is 0 Å². The molecule has 17 heavy (non-hydrogen) atoms. The highest BCUT2D eigenvalue weighted by atomic mass is 16.3. The van der Waals surface area contributed by atoms with Gasteiger partial charge in [0.25, 0.3) is 5.91 Å². The van der Waals surface area contributed by atoms with Crippen molar-refractivity contribution in [2.24, 2.45) is 5.73 Å². The van der Waals surface area contributed by atoms with Gasteiger partial charge in [0.2, 0.25) is 0 Å². The Balaban J connectivity index is 3.12. The van der Waals surface area contributed by atoms with Crippen molar-refractivity contribution >= 4 is 17.3 Å². The predicted octanol–water partition coefficient (Wildman–Crippen LogP) is 0.576. The maximum atomic E-state index is 11.4. The van der Waals surface area contributed by atoms with Crippen molar-refractivity contribution in [2.75, 3.05) is 30.3 Å². The normalized spacial score (nSPS) is 10.2. The summed E-state index contributed by atoms with van der Waals surface area (Å²) in [5, 5.41) is 9.03. The Morgan fingerprint density at radius 3 is 2.65 bits per heavy atom. The number of aliphatic hydroxyl groups is 1. The van der Waals surface area contributed by atoms with E-state index in [1.165, 1.54) is 0 Å². The highest BCUT2D eigenvalue weighted by molar-refractivity contribution is 5.99. The third-order valence-corrected chi connectivity index (χ3v) is 2.49. The standard InChI is InChI=1S/C12H19N3O2/c1-2-5-15(6-7-16)11-4-3-9(13)8-10(11)12(14)17/h3-4,8,16H,2,5-7,13H2,1H3,(H2,14,17). The average Bonchev–Trinajstić information content (AvgIpc) is 2.28. The van der Waals surface area contributed by atoms with Crippen molar-refractivity contribution in [1.82, 2.24) is 0 Å². The molecule has 0 bridgehead atoms. The van der Waals surface area contributed by atoms with E-state index in [1.54, 1.807) is 18.2 Å². The largest absolute Gasteiger partial charge is 0.399 e. The summed E-state index contributed by atoms with van der Waals surface area (Å²) >= 11 is 0. The van der Waals surface area contributed by atoms with Gasteiger partial charge < -0.3 is 21.5 Å². The zero-order valence-corrected chi connectivity index (χ0v) is 10.0. The minimum absolute atomic E-state index is 0.0303. The molecule has 0 aliphatic rings. The first-order chi connectivity index (χ1) is 8.10. The minimum atomic E-state index is -0.508. The second-order valence-corrected chi connectivity index (χ2v) is 3.85. The summed E-state index contributed by atoms with van der Waals surface area (Å²) in [6, 6.07) is 5.06. The third-order valence-electron chi connectivity index (χ3n) is 2.49. The summed E-state index contributed by atoms with van der Waals surface area (Å²) in [6.07, 6.45) is 0.919. The number of rotatable bonds is 6. The Kier molecular flexibility index (Phi) is 4.78. The molecule has 0 spiro atoms. The van der Waals surface area contributed by atoms with Crippen molar-refractivity contribution in [2.45, 2.75) is 13.3 Å². The molecule has 0 radical (unpaired) electrons. The summed E-state index contributed by atoms with van der Waals surface area (Å²) in [4.78, 5) is 13.3. The van der Waals surface area contributed by atoms with Crippen LogP contribution in [0.2, 0.25) is 0 Å². The van der Waals surface area contributed by atoms with E-state index < -0.39 is 5.91 Å². The lowest BCUT2D eigenvalue weighted by atomic mass is 10.1. The van der Waals surface area contributed by atoms with E-state index in [-0.39, 0.29) is 6.61 Å². The number of primary amides is 1. The summed E-state index contributed by atoms with van der Waals surface area (Å²) < 4.78 is 0. The molecule has 0 aromatic heterocycles. The van der Waals surface area contributed by atoms with Gasteiger partial charge in [-0.05, 0) is 24.6 Å². The highest BCUT2D eigenvalue weighted by Crippen LogP contribution is 2.23. The van der Waals surface area contributed by atoms with E-state index in [0.717, 1.165) is 18.7 Å². The van der Waals surface area contributed by atoms with Crippen molar-refractivity contribution < 1.29 is 9.90 Å². The molecule has 5 heteroatoms. The molecule has 0 saturated carbocycles. The van der Waals surface area contributed by atoms with Gasteiger partial charge in [-0.15, -0.1) is 0 Å². The quantitative estimate of drug-likeness (QED) is 0.631. The molecule has 0 fully saturated rings. The van der Waals surface area contributed by atoms with Gasteiger partial charge in [0.15, 0.2) is 0 Å². The fraction of sp³-hybridized carbons (Fsp3) is 0.417. The molecule has 0 aliphatic carbocycles. The molecule has 5 nitrogen and oxygen atoms in total. The molecular weight excluding hydrogens is 218 g/mol. The Morgan fingerprint density at radius 1 is 1.41 bits per heavy atom. The predicted molar refractivity (Wildman–Crippen MR) is 69.0 cm³/mol. The summed E-state index contributed by atoms with van der Waals surface area (Å²) in [5.41, 5.74) is 12.6. The van der Waals surface area contributed by atoms with E-state index >= 15 is 0 Å². The smallest absolute Gasteiger partial charge is 0.250 e. The molecule has 94 valence electrons. The zero-order chi connectivity index (χ0) is 12.8. The van der Waals surface area contributed by atoms with E-state index in [0.29, 0.717) is 17.8 Å². The van der Waals surface area contributed by atoms with Crippen molar-refractivity contribution in [1.29, 1.82) is 0 Å². The van der Waals surface area contributed by atoms with Gasteiger partial charge in [0.1, 0.15) is 0 Å². The number of nitrogens with two attached hydrogens (primary N) is 2. The van der Waals surface area contributed by atoms with E-state index in [4.69, 9.17) is 16.6 Å². The number of hydrogen-bond acceptors (Lipinski definition) is 4. The fourth-order valence-corrected chi connectivity index (χ4v) is 1.77. The van der Waals surface area contributed by atoms with Gasteiger partial charge in [-0.3, -0.25) is 4.79 Å². The monoisotopic (exact) mass is 237 g/mol. The van der Waals surface area contributed by atoms with Gasteiger partial charge >= 0.3 is 0 Å². The fourth-order valence-electron chi connectivity index (χ4n) is 1.77. The third kappa shape index (κ3) is 3.35. The molecular formula is C12H19N3O2. The summed E-state index contributed by atoms with van der Waals surface area (Å²) in [5.74, 6) is -0.508. The second kappa shape index (κ2) is 6.10. The molecule has 1 aromatic rings. The maximum Gasteiger partial charge on any atom is 0.250 e. The molecule has 0 unspecified atom stereocenters. The average molecular weight is 237 g/mol. The number of aliphatic hydroxyl groups excluding tert-OH is 1. The van der Waals surface area contributed by atoms with Crippen LogP contribution in [0.15, 0.2) is 18.2 Å². The van der Waals surface area contributed by atoms with Crippen molar-refractivity contribution in [3.05, 3.63) is 23.8 Å². The maximum absolute atomic E-state index is 11.4. The Bertz CT molecular complexity index is 387. The number of hydrogen-bond donors (Lipinski definition) is 3. The van der Waals surface area contributed by atoms with E-state index in [9.17, 15) is 4.79 Å². The first-order valence-electron chi connectivity index (χ1n) is 5.65. The highest BCUT2D eigenvalue weighted by Gasteiger charge is 2.14. The minimum Gasteiger partial charge on any atom is -0.399 e. The van der Waals surface area contributed by atoms with Crippen molar-refractivity contribution in [3.63, 3.8) is 0 Å². The van der Waals surface area contributed by atoms with Crippen LogP contribution in [-0.2, 0) is 0 Å². The van der Waals surface area contributed by atoms with Crippen LogP contribution in [0.5, 0.6) is 0 Å². The summed E-state index contributed by atoms with van der Waals surface area (Å²) in [7, 11) is 0. The van der Waals surface area contributed by atoms with Crippen molar-refractivity contribution in [3.8, 4) is 0 Å². The Morgan fingerprint density at radius 2 is 2.12 bits per heavy atom. The first kappa shape index (κ1) is 13.3. The second-order valence-electron chi connectivity index (χ2n) is 3.85. The van der Waals surface area contributed by atoms with E-state index in [1.807, 2.05) is 11.8 Å². The molecule has 1 rings (SSSR count). The number of carbonyl (C=O) groups is 1. The molecule has 5 N–H and O–H groups in total. The van der Waals surface area contributed by atoms with Crippen LogP contribution in [0, 0.1) is 0 Å². The van der Waals surface area contributed by atoms with Crippen LogP contribution in [0.3, 0.4) is 0 Å². The Hall–Kier alpha value is -1.75. The SMILES string of the molecule is CCCN(CCO)c1ccc(N)cc1C(N)=O. The lowest BCUT2D eigenvalue weighted by Crippen LogP contribution is -2.30. The molecule has 0 aliphatic heterocycles. The number of nitrogens with zero attached hydrogens (tertiary/aromatic N) is 1. The number of benzene rings is 1. The lowest BCUT2D eigenvalue weighted by molar-refractivity contribution is 0.100. The molecule has 0 heterocycles. The van der Waals surface area contributed by atoms with Gasteiger partial charge in [-0.1, -0.05) is 6.92 Å². The lowest BCUT2D eigenvalue weighted by Gasteiger charge is -2.25. The van der Waals surface area contributed by atoms with Crippen LogP contribution in [0.1, 0.15) is 23.7 Å². The first-order valence-corrected chi connectivity index (χ1v) is 5.65. The van der Waals surface area contributed by atoms with E-state index in [2.05, 4.69) is 0 Å². The topological polar surface area (TPSA) is 92.6 Å². The zero-order valence-electron chi connectivity index (χ0n) is 10.0. The van der Waals surface area contributed by atoms with Gasteiger partial charge in [-0.2, -0.15) is 0 Å². The van der Waals surface area contributed by atoms with Gasteiger partial charge in [0, 0.05) is 24.5 Å². The number of nitrogen functional groups attached to an aromatic ring is 1. The molecule has 0 atom stereocenters. The molecule has 0 saturated heterocycles. The van der Waals surface area contributed by atoms with Crippen LogP contribution >= 0.6 is 0 Å². The number of amides is 1. The Labute approximate surface area is 101 Å². The van der Waals surface area contributed by atoms with Crippen LogP contribution < -0.4 is 16.4 Å². The van der Waals surface area contributed by atoms with Crippen LogP contribution in [0.25, 0.3) is 0 Å². The van der Waals surface area contributed by atoms with Gasteiger partial charge in [0.05, 0.1) is 12.2 Å². The van der Waals surface area contributed by atoms with Crippen LogP contribution in [-0.4, -0.2) is 30.7 Å². The number of anilines is 2. The molecule has 1 aromatic carbocycles. The summed E-state index contributed by atoms with van der Waals surface area (Å²) in [6.45, 7) is 3.29. The number of carbonyl (C=O) groups excluding carboxylic acids is 1. The molecule has 1 amide bonds.